The van der Waals surface area contributed by atoms with Crippen LogP contribution in [0.3, 0.4) is 0 Å². The van der Waals surface area contributed by atoms with Crippen molar-refractivity contribution in [3.63, 3.8) is 0 Å². The molecule has 3 N–H and O–H groups in total. The minimum Gasteiger partial charge on any atom is -0.505 e. The van der Waals surface area contributed by atoms with Crippen LogP contribution in [0.15, 0.2) is 69.6 Å². The number of nitrogens with one attached hydrogen (secondary N) is 2. The van der Waals surface area contributed by atoms with Crippen LogP contribution < -0.4 is 15.6 Å². The van der Waals surface area contributed by atoms with Crippen molar-refractivity contribution in [2.45, 2.75) is 26.7 Å². The van der Waals surface area contributed by atoms with E-state index >= 15 is 0 Å². The number of aromatic hydroxyl groups is 1. The molecule has 2 unspecified atom stereocenters. The molecular weight excluding hydrogens is 512 g/mol. The quantitative estimate of drug-likeness (QED) is 0.306. The second-order valence-corrected chi connectivity index (χ2v) is 9.06. The van der Waals surface area contributed by atoms with E-state index < -0.39 is 29.3 Å². The van der Waals surface area contributed by atoms with Gasteiger partial charge < -0.3 is 19.9 Å². The number of H-pyrrole nitrogens is 1. The maximum Gasteiger partial charge on any atom is 0.315 e. The summed E-state index contributed by atoms with van der Waals surface area (Å²) in [7, 11) is 1.50. The molecule has 1 aromatic heterocycles. The van der Waals surface area contributed by atoms with Crippen molar-refractivity contribution >= 4 is 23.3 Å². The Balaban J connectivity index is 1.76. The summed E-state index contributed by atoms with van der Waals surface area (Å²) in [6, 6.07) is 12.7. The fourth-order valence-corrected chi connectivity index (χ4v) is 4.79. The summed E-state index contributed by atoms with van der Waals surface area (Å²) in [5.74, 6) is 0.123. The molecule has 0 fully saturated rings. The van der Waals surface area contributed by atoms with Gasteiger partial charge in [-0.25, -0.2) is 5.10 Å². The molecule has 10 heteroatoms. The molecule has 0 saturated heterocycles. The van der Waals surface area contributed by atoms with Gasteiger partial charge in [-0.2, -0.15) is 5.10 Å². The molecule has 10 nitrogen and oxygen atoms in total. The molecular formula is C30H28N4O6. The number of hydrogen-bond donors (Lipinski definition) is 3. The molecule has 3 aromatic rings. The lowest BCUT2D eigenvalue weighted by atomic mass is 9.74. The third-order valence-electron chi connectivity index (χ3n) is 6.55. The number of terminal acetylenes is 1. The number of methoxy groups -OCH3 is 1. The Kier molecular flexibility index (Phi) is 8.15. The van der Waals surface area contributed by atoms with E-state index in [1.807, 2.05) is 0 Å². The van der Waals surface area contributed by atoms with Gasteiger partial charge in [0.1, 0.15) is 23.1 Å². The van der Waals surface area contributed by atoms with Gasteiger partial charge in [0.25, 0.3) is 11.5 Å². The van der Waals surface area contributed by atoms with Gasteiger partial charge in [-0.05, 0) is 51.1 Å². The van der Waals surface area contributed by atoms with Crippen molar-refractivity contribution in [1.29, 1.82) is 0 Å². The fraction of sp³-hybridized carbons (Fsp3) is 0.233. The number of anilines is 1. The predicted octanol–water partition coefficient (Wildman–Crippen LogP) is 3.78. The highest BCUT2D eigenvalue weighted by atomic mass is 16.5. The van der Waals surface area contributed by atoms with Crippen LogP contribution in [0, 0.1) is 18.3 Å². The largest absolute Gasteiger partial charge is 0.505 e. The third-order valence-corrected chi connectivity index (χ3v) is 6.55. The second kappa shape index (κ2) is 11.7. The van der Waals surface area contributed by atoms with Gasteiger partial charge in [0.15, 0.2) is 0 Å². The lowest BCUT2D eigenvalue weighted by Crippen LogP contribution is -2.37. The summed E-state index contributed by atoms with van der Waals surface area (Å²) in [5, 5.41) is 19.1. The van der Waals surface area contributed by atoms with E-state index in [2.05, 4.69) is 26.4 Å². The maximum absolute atomic E-state index is 13.8. The van der Waals surface area contributed by atoms with Crippen LogP contribution in [0.1, 0.15) is 37.8 Å². The van der Waals surface area contributed by atoms with Crippen LogP contribution in [-0.4, -0.2) is 46.6 Å². The summed E-state index contributed by atoms with van der Waals surface area (Å²) >= 11 is 0. The van der Waals surface area contributed by atoms with E-state index in [1.165, 1.54) is 7.11 Å². The second-order valence-electron chi connectivity index (χ2n) is 9.06. The highest BCUT2D eigenvalue weighted by molar-refractivity contribution is 6.11. The predicted molar refractivity (Wildman–Crippen MR) is 150 cm³/mol. The Labute approximate surface area is 230 Å². The summed E-state index contributed by atoms with van der Waals surface area (Å²) in [6.45, 7) is 5.30. The molecule has 204 valence electrons. The topological polar surface area (TPSA) is 143 Å². The van der Waals surface area contributed by atoms with Crippen molar-refractivity contribution in [1.82, 2.24) is 10.2 Å². The van der Waals surface area contributed by atoms with E-state index in [1.54, 1.807) is 63.2 Å². The minimum absolute atomic E-state index is 0.160. The number of benzene rings is 2. The zero-order valence-corrected chi connectivity index (χ0v) is 22.4. The standard InChI is InChI=1S/C30H28N4O6/c1-6-18-8-13-23(39-5)21(14-18)27-25(16(3)31-17(4)26(27)30(38)40-7-2)29(37)32-20-11-9-19(10-12-20)28-22(35)15-24(36)33-34-28/h1,8-15,26-27H,7H2,2-5H3,(H,32,37)(H2,33,35,36). The Morgan fingerprint density at radius 3 is 2.50 bits per heavy atom. The highest BCUT2D eigenvalue weighted by Gasteiger charge is 2.43. The lowest BCUT2D eigenvalue weighted by Gasteiger charge is -2.32. The van der Waals surface area contributed by atoms with E-state index in [0.717, 1.165) is 6.07 Å². The van der Waals surface area contributed by atoms with Crippen LogP contribution in [-0.2, 0) is 14.3 Å². The van der Waals surface area contributed by atoms with Gasteiger partial charge in [0.05, 0.1) is 13.7 Å². The number of nitrogens with zero attached hydrogens (tertiary/aromatic N) is 2. The monoisotopic (exact) mass is 540 g/mol. The van der Waals surface area contributed by atoms with Crippen LogP contribution in [0.4, 0.5) is 5.69 Å². The number of amides is 1. The van der Waals surface area contributed by atoms with Gasteiger partial charge in [0.2, 0.25) is 0 Å². The van der Waals surface area contributed by atoms with Crippen LogP contribution >= 0.6 is 0 Å². The van der Waals surface area contributed by atoms with Crippen molar-refractivity contribution in [3.05, 3.63) is 81.3 Å². The number of aromatic amines is 1. The zero-order chi connectivity index (χ0) is 29.0. The molecule has 40 heavy (non-hydrogen) atoms. The Morgan fingerprint density at radius 1 is 1.15 bits per heavy atom. The molecule has 0 bridgehead atoms. The molecule has 0 aliphatic carbocycles. The molecule has 0 spiro atoms. The minimum atomic E-state index is -0.886. The number of carbonyl (C=O) groups is 2. The number of carbonyl (C=O) groups excluding carboxylic acids is 2. The highest BCUT2D eigenvalue weighted by Crippen LogP contribution is 2.43. The van der Waals surface area contributed by atoms with Crippen molar-refractivity contribution in [3.8, 4) is 35.1 Å². The molecule has 1 aliphatic heterocycles. The smallest absolute Gasteiger partial charge is 0.315 e. The zero-order valence-electron chi connectivity index (χ0n) is 22.4. The maximum atomic E-state index is 13.8. The number of ether oxygens (including phenoxy) is 2. The lowest BCUT2D eigenvalue weighted by molar-refractivity contribution is -0.146. The first-order chi connectivity index (χ1) is 19.2. The van der Waals surface area contributed by atoms with E-state index in [-0.39, 0.29) is 23.6 Å². The number of allylic oxidation sites excluding steroid dienone is 1. The van der Waals surface area contributed by atoms with Gasteiger partial charge >= 0.3 is 5.97 Å². The van der Waals surface area contributed by atoms with E-state index in [0.29, 0.717) is 39.5 Å². The number of rotatable bonds is 7. The summed E-state index contributed by atoms with van der Waals surface area (Å²) in [5.41, 5.74) is 2.95. The van der Waals surface area contributed by atoms with Crippen molar-refractivity contribution in [2.75, 3.05) is 19.0 Å². The summed E-state index contributed by atoms with van der Waals surface area (Å²) < 4.78 is 11.0. The molecule has 0 saturated carbocycles. The molecule has 0 radical (unpaired) electrons. The number of aliphatic imine (C=N–C) groups is 1. The fourth-order valence-electron chi connectivity index (χ4n) is 4.79. The summed E-state index contributed by atoms with van der Waals surface area (Å²) in [6.07, 6.45) is 5.67. The third kappa shape index (κ3) is 5.49. The van der Waals surface area contributed by atoms with Crippen LogP contribution in [0.2, 0.25) is 0 Å². The Bertz CT molecular complexity index is 1630. The molecule has 1 amide bonds. The van der Waals surface area contributed by atoms with Gasteiger partial charge in [-0.3, -0.25) is 19.4 Å². The molecule has 1 aliphatic rings. The molecule has 4 rings (SSSR count). The van der Waals surface area contributed by atoms with E-state index in [9.17, 15) is 19.5 Å². The van der Waals surface area contributed by atoms with Crippen molar-refractivity contribution in [2.24, 2.45) is 10.9 Å². The Morgan fingerprint density at radius 2 is 1.88 bits per heavy atom. The first kappa shape index (κ1) is 27.9. The average Bonchev–Trinajstić information content (AvgIpc) is 2.92. The first-order valence-electron chi connectivity index (χ1n) is 12.5. The van der Waals surface area contributed by atoms with Gasteiger partial charge in [-0.15, -0.1) is 6.42 Å². The van der Waals surface area contributed by atoms with E-state index in [4.69, 9.17) is 15.9 Å². The number of hydrogen-bond acceptors (Lipinski definition) is 8. The number of aromatic nitrogens is 2. The molecule has 2 heterocycles. The van der Waals surface area contributed by atoms with Gasteiger partial charge in [0, 0.05) is 51.3 Å². The first-order valence-corrected chi connectivity index (χ1v) is 12.5. The average molecular weight is 541 g/mol. The van der Waals surface area contributed by atoms with Gasteiger partial charge in [-0.1, -0.05) is 18.1 Å². The normalized spacial score (nSPS) is 16.5. The molecule has 2 aromatic carbocycles. The number of esters is 1. The van der Waals surface area contributed by atoms with Crippen LogP contribution in [0.25, 0.3) is 11.3 Å². The van der Waals surface area contributed by atoms with Crippen LogP contribution in [0.5, 0.6) is 11.5 Å². The molecule has 2 atom stereocenters. The van der Waals surface area contributed by atoms with Crippen molar-refractivity contribution < 1.29 is 24.2 Å². The SMILES string of the molecule is C#Cc1ccc(OC)c(C2C(C(=O)Nc3ccc(-c4n[nH]c(=O)cc4O)cc3)=C(C)N=C(C)C2C(=O)OCC)c1. The Hall–Kier alpha value is -5.17. The summed E-state index contributed by atoms with van der Waals surface area (Å²) in [4.78, 5) is 43.0.